The Hall–Kier alpha value is -3.99. The molecule has 0 saturated carbocycles. The molecule has 11 heteroatoms. The molecular weight excluding hydrogens is 574 g/mol. The average Bonchev–Trinajstić information content (AvgIpc) is 3.65. The average molecular weight is 606 g/mol. The van der Waals surface area contributed by atoms with Gasteiger partial charge in [0.25, 0.3) is 5.91 Å². The number of likely N-dealkylation sites (tertiary alicyclic amines) is 1. The fourth-order valence-corrected chi connectivity index (χ4v) is 6.88. The Labute approximate surface area is 253 Å². The van der Waals surface area contributed by atoms with Crippen LogP contribution in [0.4, 0.5) is 5.69 Å². The van der Waals surface area contributed by atoms with Gasteiger partial charge in [0.15, 0.2) is 0 Å². The number of aliphatic hydroxyl groups excluding tert-OH is 1. The van der Waals surface area contributed by atoms with Crippen molar-refractivity contribution in [3.63, 3.8) is 0 Å². The summed E-state index contributed by atoms with van der Waals surface area (Å²) in [4.78, 5) is 58.0. The number of ether oxygens (including phenoxy) is 2. The van der Waals surface area contributed by atoms with Crippen LogP contribution >= 0.6 is 11.6 Å². The molecule has 4 aliphatic heterocycles. The maximum Gasteiger partial charge on any atom is 0.306 e. The molecular formula is C32H32ClN3O7. The van der Waals surface area contributed by atoms with Crippen molar-refractivity contribution in [2.45, 2.75) is 36.6 Å². The van der Waals surface area contributed by atoms with Crippen molar-refractivity contribution in [3.8, 4) is 0 Å². The van der Waals surface area contributed by atoms with Crippen LogP contribution in [0.3, 0.4) is 0 Å². The Morgan fingerprint density at radius 1 is 1.00 bits per heavy atom. The number of nitrogens with zero attached hydrogens (tertiary/aromatic N) is 2. The number of benzene rings is 2. The summed E-state index contributed by atoms with van der Waals surface area (Å²) in [7, 11) is 0. The monoisotopic (exact) mass is 605 g/mol. The molecule has 0 aliphatic carbocycles. The number of anilines is 1. The number of hydrogen-bond donors (Lipinski definition) is 2. The largest absolute Gasteiger partial charge is 0.463 e. The van der Waals surface area contributed by atoms with Crippen molar-refractivity contribution < 1.29 is 33.8 Å². The lowest BCUT2D eigenvalue weighted by atomic mass is 9.74. The number of esters is 1. The maximum atomic E-state index is 14.5. The molecule has 224 valence electrons. The zero-order valence-corrected chi connectivity index (χ0v) is 24.1. The third-order valence-electron chi connectivity index (χ3n) is 8.56. The number of amides is 3. The highest BCUT2D eigenvalue weighted by molar-refractivity contribution is 6.34. The number of para-hydroxylation sites is 1. The molecule has 10 nitrogen and oxygen atoms in total. The number of hydrogen-bond acceptors (Lipinski definition) is 7. The van der Waals surface area contributed by atoms with Gasteiger partial charge in [0.2, 0.25) is 11.8 Å². The first-order valence-corrected chi connectivity index (χ1v) is 14.7. The molecule has 2 aromatic rings. The molecule has 2 saturated heterocycles. The first-order chi connectivity index (χ1) is 20.9. The predicted octanol–water partition coefficient (Wildman–Crippen LogP) is 2.57. The molecule has 4 heterocycles. The van der Waals surface area contributed by atoms with E-state index in [0.717, 1.165) is 5.56 Å². The van der Waals surface area contributed by atoms with Crippen LogP contribution in [0.2, 0.25) is 5.02 Å². The molecule has 0 unspecified atom stereocenters. The molecule has 43 heavy (non-hydrogen) atoms. The highest BCUT2D eigenvalue weighted by Gasteiger charge is 2.73. The fraction of sp³-hybridized carbons (Fsp3) is 0.375. The highest BCUT2D eigenvalue weighted by atomic mass is 35.5. The molecule has 0 radical (unpaired) electrons. The van der Waals surface area contributed by atoms with Crippen molar-refractivity contribution in [1.29, 1.82) is 0 Å². The molecule has 2 fully saturated rings. The summed E-state index contributed by atoms with van der Waals surface area (Å²) in [5, 5.41) is 13.2. The molecule has 0 aromatic heterocycles. The van der Waals surface area contributed by atoms with Gasteiger partial charge in [-0.05, 0) is 24.1 Å². The standard InChI is InChI=1S/C32H32ClN3O7/c33-21-11-6-7-12-23(21)35-16-8-2-5-13-25(38)42-19-22(20-9-3-1-4-10-20)34-29(39)26-24-14-15-32(43-24)27(26)30(40)36(17-18-37)28(32)31(35)41/h1-4,6-12,14-15,22,24,26-28,37H,5,13,16-19H2,(H,34,39)/b8-2-/t22-,24-,26+,27+,28-,32+/m0/s1. The number of carbonyl (C=O) groups excluding carboxylic acids is 4. The Morgan fingerprint density at radius 3 is 2.53 bits per heavy atom. The fourth-order valence-electron chi connectivity index (χ4n) is 6.64. The minimum atomic E-state index is -1.41. The van der Waals surface area contributed by atoms with Gasteiger partial charge in [-0.15, -0.1) is 0 Å². The van der Waals surface area contributed by atoms with Gasteiger partial charge in [-0.2, -0.15) is 0 Å². The minimum Gasteiger partial charge on any atom is -0.463 e. The van der Waals surface area contributed by atoms with Gasteiger partial charge in [-0.3, -0.25) is 19.2 Å². The molecule has 5 bridgehead atoms. The second-order valence-electron chi connectivity index (χ2n) is 11.0. The number of aliphatic hydroxyl groups is 1. The SMILES string of the molecule is O=C1CC/C=C\CN(c2ccccc2Cl)C(=O)[C@@H]2N(CCO)C(=O)[C@H]3[C@H](C(=O)N[C@H](c4ccccc4)CO1)[C@@H]1C=C[C@]23O1. The van der Waals surface area contributed by atoms with E-state index in [0.29, 0.717) is 17.1 Å². The van der Waals surface area contributed by atoms with Crippen molar-refractivity contribution in [2.75, 3.05) is 31.2 Å². The van der Waals surface area contributed by atoms with Crippen molar-refractivity contribution in [2.24, 2.45) is 11.8 Å². The van der Waals surface area contributed by atoms with Gasteiger partial charge in [0.05, 0.1) is 41.3 Å². The van der Waals surface area contributed by atoms with E-state index in [-0.39, 0.29) is 32.7 Å². The Morgan fingerprint density at radius 2 is 1.77 bits per heavy atom. The lowest BCUT2D eigenvalue weighted by Crippen LogP contribution is -2.56. The van der Waals surface area contributed by atoms with Crippen LogP contribution in [-0.4, -0.2) is 77.7 Å². The topological polar surface area (TPSA) is 125 Å². The molecule has 2 aromatic carbocycles. The number of cyclic esters (lactones) is 1. The molecule has 4 aliphatic rings. The Kier molecular flexibility index (Phi) is 8.09. The van der Waals surface area contributed by atoms with Crippen LogP contribution in [0.5, 0.6) is 0 Å². The van der Waals surface area contributed by atoms with E-state index >= 15 is 0 Å². The number of fused-ring (bicyclic) bond motifs is 2. The number of nitrogens with one attached hydrogen (secondary N) is 1. The summed E-state index contributed by atoms with van der Waals surface area (Å²) in [6.07, 6.45) is 6.72. The molecule has 3 amide bonds. The molecule has 1 spiro atoms. The smallest absolute Gasteiger partial charge is 0.306 e. The summed E-state index contributed by atoms with van der Waals surface area (Å²) in [6.45, 7) is -0.481. The minimum absolute atomic E-state index is 0.0891. The van der Waals surface area contributed by atoms with E-state index in [1.54, 1.807) is 48.6 Å². The molecule has 6 rings (SSSR count). The van der Waals surface area contributed by atoms with Gasteiger partial charge in [0.1, 0.15) is 18.2 Å². The van der Waals surface area contributed by atoms with E-state index in [4.69, 9.17) is 21.1 Å². The summed E-state index contributed by atoms with van der Waals surface area (Å²) in [5.74, 6) is -3.73. The van der Waals surface area contributed by atoms with E-state index in [2.05, 4.69) is 5.32 Å². The van der Waals surface area contributed by atoms with E-state index in [9.17, 15) is 24.3 Å². The van der Waals surface area contributed by atoms with Crippen molar-refractivity contribution in [1.82, 2.24) is 10.2 Å². The quantitative estimate of drug-likeness (QED) is 0.405. The number of rotatable bonds is 4. The van der Waals surface area contributed by atoms with Crippen LogP contribution in [0, 0.1) is 11.8 Å². The molecule has 6 atom stereocenters. The van der Waals surface area contributed by atoms with Crippen LogP contribution in [0.25, 0.3) is 0 Å². The third kappa shape index (κ3) is 5.13. The van der Waals surface area contributed by atoms with Crippen LogP contribution < -0.4 is 10.2 Å². The van der Waals surface area contributed by atoms with E-state index in [1.165, 1.54) is 9.80 Å². The summed E-state index contributed by atoms with van der Waals surface area (Å²) in [5.41, 5.74) is -0.246. The first kappa shape index (κ1) is 29.1. The van der Waals surface area contributed by atoms with E-state index in [1.807, 2.05) is 30.3 Å². The van der Waals surface area contributed by atoms with Crippen LogP contribution in [-0.2, 0) is 28.7 Å². The van der Waals surface area contributed by atoms with Gasteiger partial charge < -0.3 is 29.7 Å². The summed E-state index contributed by atoms with van der Waals surface area (Å²) >= 11 is 6.54. The van der Waals surface area contributed by atoms with Crippen molar-refractivity contribution >= 4 is 41.0 Å². The highest BCUT2D eigenvalue weighted by Crippen LogP contribution is 2.55. The lowest BCUT2D eigenvalue weighted by Gasteiger charge is -2.36. The Balaban J connectivity index is 1.43. The van der Waals surface area contributed by atoms with E-state index < -0.39 is 59.3 Å². The van der Waals surface area contributed by atoms with Gasteiger partial charge in [0, 0.05) is 19.5 Å². The maximum absolute atomic E-state index is 14.5. The summed E-state index contributed by atoms with van der Waals surface area (Å²) in [6, 6.07) is 14.2. The lowest BCUT2D eigenvalue weighted by molar-refractivity contribution is -0.145. The number of β-amino-alcohol motifs (C(OH)–C–C–N with tert-alkyl or cyclic N) is 1. The van der Waals surface area contributed by atoms with Gasteiger partial charge in [-0.1, -0.05) is 78.4 Å². The number of allylic oxidation sites excluding steroid dienone is 1. The third-order valence-corrected chi connectivity index (χ3v) is 8.88. The normalized spacial score (nSPS) is 31.6. The predicted molar refractivity (Wildman–Crippen MR) is 157 cm³/mol. The van der Waals surface area contributed by atoms with Crippen molar-refractivity contribution in [3.05, 3.63) is 89.5 Å². The van der Waals surface area contributed by atoms with Gasteiger partial charge in [-0.25, -0.2) is 0 Å². The number of carbonyl (C=O) groups is 4. The number of halogens is 1. The zero-order valence-electron chi connectivity index (χ0n) is 23.3. The zero-order chi connectivity index (χ0) is 30.1. The van der Waals surface area contributed by atoms with Crippen LogP contribution in [0.1, 0.15) is 24.4 Å². The van der Waals surface area contributed by atoms with Crippen LogP contribution in [0.15, 0.2) is 78.9 Å². The Bertz CT molecular complexity index is 1480. The second-order valence-corrected chi connectivity index (χ2v) is 11.4. The van der Waals surface area contributed by atoms with Gasteiger partial charge >= 0.3 is 5.97 Å². The summed E-state index contributed by atoms with van der Waals surface area (Å²) < 4.78 is 12.0. The first-order valence-electron chi connectivity index (χ1n) is 14.4. The molecule has 2 N–H and O–H groups in total. The second kappa shape index (κ2) is 11.9.